The van der Waals surface area contributed by atoms with Gasteiger partial charge in [-0.25, -0.2) is 4.68 Å². The van der Waals surface area contributed by atoms with E-state index in [1.54, 1.807) is 0 Å². The SMILES string of the molecule is Cc1cc(-c2nnc(SCC(=O)c3ccc(-c4ccccc4)cc3)n2N)n[nH]1. The largest absolute Gasteiger partial charge is 0.335 e. The van der Waals surface area contributed by atoms with Crippen molar-refractivity contribution in [2.75, 3.05) is 11.6 Å². The van der Waals surface area contributed by atoms with Gasteiger partial charge in [0.15, 0.2) is 5.78 Å². The molecule has 0 unspecified atom stereocenters. The number of hydrogen-bond acceptors (Lipinski definition) is 6. The number of rotatable bonds is 6. The summed E-state index contributed by atoms with van der Waals surface area (Å²) in [5.74, 6) is 6.74. The number of benzene rings is 2. The Hall–Kier alpha value is -3.39. The monoisotopic (exact) mass is 390 g/mol. The maximum Gasteiger partial charge on any atom is 0.210 e. The van der Waals surface area contributed by atoms with Crippen molar-refractivity contribution in [3.05, 3.63) is 71.9 Å². The van der Waals surface area contributed by atoms with Crippen molar-refractivity contribution in [3.63, 3.8) is 0 Å². The van der Waals surface area contributed by atoms with E-state index in [0.717, 1.165) is 16.8 Å². The van der Waals surface area contributed by atoms with Crippen molar-refractivity contribution in [1.82, 2.24) is 25.1 Å². The second-order valence-corrected chi connectivity index (χ2v) is 7.21. The first-order valence-corrected chi connectivity index (χ1v) is 9.65. The molecule has 0 atom stereocenters. The van der Waals surface area contributed by atoms with Crippen LogP contribution in [0.3, 0.4) is 0 Å². The van der Waals surface area contributed by atoms with E-state index >= 15 is 0 Å². The quantitative estimate of drug-likeness (QED) is 0.297. The number of thioether (sulfide) groups is 1. The van der Waals surface area contributed by atoms with E-state index in [9.17, 15) is 4.79 Å². The topological polar surface area (TPSA) is 102 Å². The highest BCUT2D eigenvalue weighted by molar-refractivity contribution is 7.99. The lowest BCUT2D eigenvalue weighted by atomic mass is 10.0. The van der Waals surface area contributed by atoms with Crippen LogP contribution in [0.4, 0.5) is 0 Å². The molecule has 2 aromatic carbocycles. The molecule has 0 spiro atoms. The summed E-state index contributed by atoms with van der Waals surface area (Å²) in [6.45, 7) is 1.89. The summed E-state index contributed by atoms with van der Waals surface area (Å²) >= 11 is 1.25. The summed E-state index contributed by atoms with van der Waals surface area (Å²) in [5.41, 5.74) is 4.36. The predicted molar refractivity (Wildman–Crippen MR) is 109 cm³/mol. The van der Waals surface area contributed by atoms with Crippen LogP contribution in [0.15, 0.2) is 65.8 Å². The Morgan fingerprint density at radius 1 is 1.07 bits per heavy atom. The normalized spacial score (nSPS) is 10.9. The molecule has 0 bridgehead atoms. The van der Waals surface area contributed by atoms with Gasteiger partial charge < -0.3 is 5.84 Å². The average Bonchev–Trinajstić information content (AvgIpc) is 3.32. The number of aromatic amines is 1. The minimum Gasteiger partial charge on any atom is -0.335 e. The summed E-state index contributed by atoms with van der Waals surface area (Å²) in [7, 11) is 0. The second-order valence-electron chi connectivity index (χ2n) is 6.27. The maximum atomic E-state index is 12.5. The van der Waals surface area contributed by atoms with E-state index in [1.807, 2.05) is 67.6 Å². The van der Waals surface area contributed by atoms with Crippen molar-refractivity contribution >= 4 is 17.5 Å². The molecule has 4 rings (SSSR count). The van der Waals surface area contributed by atoms with E-state index in [4.69, 9.17) is 5.84 Å². The number of carbonyl (C=O) groups is 1. The summed E-state index contributed by atoms with van der Waals surface area (Å²) in [6, 6.07) is 19.5. The van der Waals surface area contributed by atoms with Crippen molar-refractivity contribution in [3.8, 4) is 22.6 Å². The molecule has 0 saturated carbocycles. The molecule has 2 heterocycles. The number of H-pyrrole nitrogens is 1. The molecule has 2 aromatic heterocycles. The Kier molecular flexibility index (Phi) is 4.94. The fourth-order valence-corrected chi connectivity index (χ4v) is 3.53. The Morgan fingerprint density at radius 2 is 1.79 bits per heavy atom. The van der Waals surface area contributed by atoms with Crippen LogP contribution in [-0.4, -0.2) is 36.6 Å². The second kappa shape index (κ2) is 7.69. The molecule has 0 aliphatic heterocycles. The number of aryl methyl sites for hydroxylation is 1. The molecule has 0 amide bonds. The van der Waals surface area contributed by atoms with Gasteiger partial charge in [0.25, 0.3) is 0 Å². The predicted octanol–water partition coefficient (Wildman–Crippen LogP) is 3.33. The van der Waals surface area contributed by atoms with E-state index in [-0.39, 0.29) is 11.5 Å². The van der Waals surface area contributed by atoms with Crippen molar-refractivity contribution in [1.29, 1.82) is 0 Å². The summed E-state index contributed by atoms with van der Waals surface area (Å²) < 4.78 is 1.35. The molecule has 8 heteroatoms. The minimum absolute atomic E-state index is 0.00442. The number of aromatic nitrogens is 5. The first-order chi connectivity index (χ1) is 13.6. The van der Waals surface area contributed by atoms with Gasteiger partial charge in [0, 0.05) is 11.3 Å². The minimum atomic E-state index is 0.00442. The number of nitrogens with two attached hydrogens (primary N) is 1. The number of nitrogens with one attached hydrogen (secondary N) is 1. The van der Waals surface area contributed by atoms with Crippen LogP contribution in [0.25, 0.3) is 22.6 Å². The number of nitrogen functional groups attached to an aromatic ring is 1. The third kappa shape index (κ3) is 3.67. The van der Waals surface area contributed by atoms with Gasteiger partial charge in [-0.2, -0.15) is 5.10 Å². The van der Waals surface area contributed by atoms with Crippen LogP contribution < -0.4 is 5.84 Å². The molecule has 0 aliphatic carbocycles. The van der Waals surface area contributed by atoms with Crippen LogP contribution >= 0.6 is 11.8 Å². The van der Waals surface area contributed by atoms with Gasteiger partial charge in [0.1, 0.15) is 5.69 Å². The Labute approximate surface area is 166 Å². The molecule has 0 aliphatic rings. The van der Waals surface area contributed by atoms with Crippen molar-refractivity contribution < 1.29 is 4.79 Å². The van der Waals surface area contributed by atoms with Crippen molar-refractivity contribution in [2.24, 2.45) is 0 Å². The van der Waals surface area contributed by atoms with Crippen LogP contribution in [0.2, 0.25) is 0 Å². The lowest BCUT2D eigenvalue weighted by molar-refractivity contribution is 0.102. The summed E-state index contributed by atoms with van der Waals surface area (Å²) in [6.07, 6.45) is 0. The highest BCUT2D eigenvalue weighted by Crippen LogP contribution is 2.23. The first kappa shape index (κ1) is 18.0. The van der Waals surface area contributed by atoms with Gasteiger partial charge in [-0.05, 0) is 24.1 Å². The zero-order valence-corrected chi connectivity index (χ0v) is 16.0. The molecule has 140 valence electrons. The van der Waals surface area contributed by atoms with Gasteiger partial charge in [0.2, 0.25) is 11.0 Å². The third-order valence-corrected chi connectivity index (χ3v) is 5.19. The number of Topliss-reactive ketones (excluding diaryl/α,β-unsaturated/α-hetero) is 1. The molecule has 0 fully saturated rings. The van der Waals surface area contributed by atoms with Crippen LogP contribution in [-0.2, 0) is 0 Å². The maximum absolute atomic E-state index is 12.5. The van der Waals surface area contributed by atoms with Gasteiger partial charge in [-0.1, -0.05) is 66.4 Å². The number of nitrogens with zero attached hydrogens (tertiary/aromatic N) is 4. The van der Waals surface area contributed by atoms with Gasteiger partial charge >= 0.3 is 0 Å². The summed E-state index contributed by atoms with van der Waals surface area (Å²) in [4.78, 5) is 12.5. The smallest absolute Gasteiger partial charge is 0.210 e. The van der Waals surface area contributed by atoms with Crippen LogP contribution in [0, 0.1) is 6.92 Å². The molecule has 3 N–H and O–H groups in total. The standard InChI is InChI=1S/C20H18N6OS/c1-13-11-17(23-22-13)19-24-25-20(26(19)21)28-12-18(27)16-9-7-15(8-10-16)14-5-3-2-4-6-14/h2-11H,12,21H2,1H3,(H,22,23). The molecule has 4 aromatic rings. The fraction of sp³-hybridized carbons (Fsp3) is 0.100. The van der Waals surface area contributed by atoms with Gasteiger partial charge in [0.05, 0.1) is 5.75 Å². The molecule has 0 saturated heterocycles. The molecule has 0 radical (unpaired) electrons. The molecule has 28 heavy (non-hydrogen) atoms. The van der Waals surface area contributed by atoms with E-state index < -0.39 is 0 Å². The lowest BCUT2D eigenvalue weighted by Gasteiger charge is -2.04. The Balaban J connectivity index is 1.43. The molecule has 7 nitrogen and oxygen atoms in total. The summed E-state index contributed by atoms with van der Waals surface area (Å²) in [5, 5.41) is 15.6. The Morgan fingerprint density at radius 3 is 2.46 bits per heavy atom. The molecular formula is C20H18N6OS. The number of ketones is 1. The van der Waals surface area contributed by atoms with Crippen LogP contribution in [0.1, 0.15) is 16.1 Å². The fourth-order valence-electron chi connectivity index (χ4n) is 2.78. The van der Waals surface area contributed by atoms with E-state index in [2.05, 4.69) is 20.4 Å². The zero-order valence-electron chi connectivity index (χ0n) is 15.2. The molecular weight excluding hydrogens is 372 g/mol. The van der Waals surface area contributed by atoms with Crippen molar-refractivity contribution in [2.45, 2.75) is 12.1 Å². The zero-order chi connectivity index (χ0) is 19.5. The Bertz CT molecular complexity index is 1100. The lowest BCUT2D eigenvalue weighted by Crippen LogP contribution is -2.13. The highest BCUT2D eigenvalue weighted by Gasteiger charge is 2.16. The van der Waals surface area contributed by atoms with E-state index in [1.165, 1.54) is 16.4 Å². The average molecular weight is 390 g/mol. The number of hydrogen-bond donors (Lipinski definition) is 2. The first-order valence-electron chi connectivity index (χ1n) is 8.66. The van der Waals surface area contributed by atoms with E-state index in [0.29, 0.717) is 22.2 Å². The van der Waals surface area contributed by atoms with Gasteiger partial charge in [-0.3, -0.25) is 9.89 Å². The van der Waals surface area contributed by atoms with Gasteiger partial charge in [-0.15, -0.1) is 10.2 Å². The number of carbonyl (C=O) groups excluding carboxylic acids is 1. The third-order valence-electron chi connectivity index (χ3n) is 4.25. The van der Waals surface area contributed by atoms with Crippen LogP contribution in [0.5, 0.6) is 0 Å². The highest BCUT2D eigenvalue weighted by atomic mass is 32.2.